The van der Waals surface area contributed by atoms with Gasteiger partial charge in [0.1, 0.15) is 23.0 Å². The van der Waals surface area contributed by atoms with Gasteiger partial charge in [0.05, 0.1) is 51.1 Å². The number of hydrogen-bond acceptors (Lipinski definition) is 14. The van der Waals surface area contributed by atoms with Gasteiger partial charge >= 0.3 is 0 Å². The van der Waals surface area contributed by atoms with Crippen molar-refractivity contribution in [2.45, 2.75) is 51.4 Å². The Balaban J connectivity index is 0.958. The lowest BCUT2D eigenvalue weighted by atomic mass is 9.90. The number of benzene rings is 12. The highest BCUT2D eigenvalue weighted by Crippen LogP contribution is 2.49. The summed E-state index contributed by atoms with van der Waals surface area (Å²) in [7, 11) is -14.7. The molecule has 118 heavy (non-hydrogen) atoms. The molecule has 0 radical (unpaired) electrons. The maximum atomic E-state index is 15.8. The summed E-state index contributed by atoms with van der Waals surface area (Å²) in [4.78, 5) is 61.5. The van der Waals surface area contributed by atoms with Crippen molar-refractivity contribution >= 4 is 117 Å². The lowest BCUT2D eigenvalue weighted by molar-refractivity contribution is -0.114. The maximum absolute atomic E-state index is 15.8. The molecule has 3 aliphatic rings. The zero-order chi connectivity index (χ0) is 81.3. The van der Waals surface area contributed by atoms with Gasteiger partial charge in [-0.1, -0.05) is 243 Å². The largest absolute Gasteiger partial charge is 0.493 e. The van der Waals surface area contributed by atoms with E-state index >= 15 is 37.4 Å². The molecule has 18 nitrogen and oxygen atoms in total. The van der Waals surface area contributed by atoms with Crippen LogP contribution in [0, 0.1) is 0 Å². The quantitative estimate of drug-likeness (QED) is 0.0519. The number of ether oxygens (including phenoxy) is 6. The minimum absolute atomic E-state index is 0.00527. The molecule has 600 valence electrons. The van der Waals surface area contributed by atoms with Crippen LogP contribution in [0.15, 0.2) is 291 Å². The van der Waals surface area contributed by atoms with E-state index in [1.54, 1.807) is 194 Å². The average Bonchev–Trinajstić information content (AvgIpc) is 0.779. The summed E-state index contributed by atoms with van der Waals surface area (Å²) in [6, 6.07) is 86.9. The van der Waals surface area contributed by atoms with E-state index in [1.165, 1.54) is 0 Å². The third-order valence-corrected chi connectivity index (χ3v) is 33.2. The molecule has 12 aromatic carbocycles. The first-order chi connectivity index (χ1) is 57.6. The zero-order valence-electron chi connectivity index (χ0n) is 65.4. The molecule has 4 N–H and O–H groups in total. The molecule has 2 aliphatic heterocycles. The van der Waals surface area contributed by atoms with Crippen LogP contribution in [0.2, 0.25) is 0 Å². The topological polar surface area (TPSA) is 240 Å². The predicted molar refractivity (Wildman–Crippen MR) is 472 cm³/mol. The SMILES string of the molecule is O=C(CP(=O)(c1ccccc1)c1ccccc1)Nc1cc2c3c(c1)Cc1cc(NC(=O)CP(=O)(c4ccccc4)c4ccccc4)cc4c1OCCCOCCCOc1c(cc(NC(=O)CP(=O)(c5ccccc5)c5ccccc5)cc1Cc1cc(NC(=O)CP(=O)(c5ccccc5)c5ccccc5)cc(c1OCCCOCCCO3)C4)C2. The lowest BCUT2D eigenvalue weighted by Crippen LogP contribution is -2.26. The smallest absolute Gasteiger partial charge is 0.232 e. The Morgan fingerprint density at radius 2 is 0.381 bits per heavy atom. The van der Waals surface area contributed by atoms with Crippen molar-refractivity contribution in [1.29, 1.82) is 0 Å². The Hall–Kier alpha value is -11.4. The second-order valence-corrected chi connectivity index (χ2v) is 41.0. The summed E-state index contributed by atoms with van der Waals surface area (Å²) >= 11 is 0. The van der Waals surface area contributed by atoms with Crippen molar-refractivity contribution in [2.24, 2.45) is 0 Å². The van der Waals surface area contributed by atoms with Gasteiger partial charge in [-0.05, 0) is 48.5 Å². The van der Waals surface area contributed by atoms with Crippen molar-refractivity contribution in [2.75, 3.05) is 98.8 Å². The first-order valence-electron chi connectivity index (χ1n) is 39.9. The van der Waals surface area contributed by atoms with Crippen LogP contribution in [0.5, 0.6) is 23.0 Å². The Morgan fingerprint density at radius 1 is 0.229 bits per heavy atom. The average molecular weight is 1650 g/mol. The van der Waals surface area contributed by atoms with Gasteiger partial charge in [-0.3, -0.25) is 19.2 Å². The summed E-state index contributed by atoms with van der Waals surface area (Å²) in [6.45, 7) is 1.89. The van der Waals surface area contributed by atoms with E-state index in [1.807, 2.05) is 97.1 Å². The van der Waals surface area contributed by atoms with Crippen LogP contribution in [0.25, 0.3) is 0 Å². The molecule has 0 fully saturated rings. The monoisotopic (exact) mass is 1650 g/mol. The molecule has 2 heterocycles. The fraction of sp³-hybridized carbons (Fsp3) is 0.208. The number of anilines is 4. The van der Waals surface area contributed by atoms with Crippen molar-refractivity contribution in [3.8, 4) is 23.0 Å². The van der Waals surface area contributed by atoms with Crippen LogP contribution < -0.4 is 82.7 Å². The minimum atomic E-state index is -3.67. The lowest BCUT2D eigenvalue weighted by Gasteiger charge is -2.26. The van der Waals surface area contributed by atoms with Gasteiger partial charge < -0.3 is 67.9 Å². The van der Waals surface area contributed by atoms with Crippen LogP contribution in [-0.4, -0.2) is 101 Å². The van der Waals surface area contributed by atoms with E-state index in [9.17, 15) is 0 Å². The normalized spacial score (nSPS) is 14.2. The van der Waals surface area contributed by atoms with E-state index < -0.39 is 76.8 Å². The van der Waals surface area contributed by atoms with Gasteiger partial charge in [0.2, 0.25) is 23.6 Å². The number of nitrogens with one attached hydrogen (secondary N) is 4. The van der Waals surface area contributed by atoms with Crippen molar-refractivity contribution < 1.29 is 65.9 Å². The van der Waals surface area contributed by atoms with Gasteiger partial charge in [0.25, 0.3) is 0 Å². The van der Waals surface area contributed by atoms with Crippen molar-refractivity contribution in [1.82, 2.24) is 0 Å². The van der Waals surface area contributed by atoms with E-state index in [2.05, 4.69) is 21.3 Å². The van der Waals surface area contributed by atoms with E-state index in [0.717, 1.165) is 0 Å². The Kier molecular flexibility index (Phi) is 26.2. The molecule has 0 atom stereocenters. The van der Waals surface area contributed by atoms with Crippen LogP contribution >= 0.6 is 28.6 Å². The molecular formula is C96H92N4O14P4. The van der Waals surface area contributed by atoms with Crippen LogP contribution in [0.1, 0.15) is 70.2 Å². The van der Waals surface area contributed by atoms with Gasteiger partial charge in [0.15, 0.2) is 28.6 Å². The molecule has 15 rings (SSSR count). The molecule has 0 saturated heterocycles. The van der Waals surface area contributed by atoms with Gasteiger partial charge in [-0.25, -0.2) is 0 Å². The second kappa shape index (κ2) is 37.9. The Labute approximate surface area is 687 Å². The number of amides is 4. The molecule has 0 aromatic heterocycles. The molecular weight excluding hydrogens is 1560 g/mol. The summed E-state index contributed by atoms with van der Waals surface area (Å²) in [6.07, 6.45) is 0.172. The molecule has 12 aromatic rings. The standard InChI is InChI=1S/C96H92N4O14P4/c101-89(65-115(105,81-29-9-1-10-30-81)82-31-11-2-12-32-82)97-77-57-69-53-71-59-78(98-90(102)66-116(106,83-33-13-3-14-34-83)84-35-15-4-16-36-84)61-73-55-75-63-80(100-92(104)68-118(108,87-41-21-7-22-42-87)88-43-23-8-24-44-88)64-76-56-74-62-79(99-91(103)67-117(107,85-37-17-5-18-38-85)86-39-19-6-20-40-86)60-72(95(74)113-51-27-47-110-46-26-50-112-94(71)73)54-70(58-77)93(69)111-49-25-45-109-48-28-52-114-96(75)76/h1-24,29-44,57-64H,25-28,45-56,65-68H2,(H,97,101)(H,98,102)(H,99,103)(H,100,104). The third kappa shape index (κ3) is 19.4. The summed E-state index contributed by atoms with van der Waals surface area (Å²) < 4.78 is 105. The predicted octanol–water partition coefficient (Wildman–Crippen LogP) is 15.3. The fourth-order valence-electron chi connectivity index (χ4n) is 15.8. The molecule has 0 saturated carbocycles. The molecule has 0 unspecified atom stereocenters. The van der Waals surface area contributed by atoms with E-state index in [0.29, 0.717) is 185 Å². The van der Waals surface area contributed by atoms with E-state index in [-0.39, 0.29) is 52.1 Å². The highest BCUT2D eigenvalue weighted by Gasteiger charge is 2.36. The summed E-state index contributed by atoms with van der Waals surface area (Å²) in [5.74, 6) is -0.384. The summed E-state index contributed by atoms with van der Waals surface area (Å²) in [5, 5.41) is 17.0. The molecule has 4 amide bonds. The minimum Gasteiger partial charge on any atom is -0.493 e. The molecule has 12 bridgehead atoms. The Bertz CT molecular complexity index is 4800. The number of rotatable bonds is 20. The third-order valence-electron chi connectivity index (χ3n) is 21.2. The van der Waals surface area contributed by atoms with Gasteiger partial charge in [-0.2, -0.15) is 0 Å². The molecule has 1 aliphatic carbocycles. The number of carbonyl (C=O) groups excluding carboxylic acids is 4. The van der Waals surface area contributed by atoms with E-state index in [4.69, 9.17) is 28.4 Å². The van der Waals surface area contributed by atoms with Crippen LogP contribution in [0.4, 0.5) is 22.7 Å². The first-order valence-corrected chi connectivity index (χ1v) is 47.4. The second-order valence-electron chi connectivity index (χ2n) is 29.7. The number of hydrogen-bond donors (Lipinski definition) is 4. The Morgan fingerprint density at radius 3 is 0.534 bits per heavy atom. The van der Waals surface area contributed by atoms with Gasteiger partial charge in [-0.15, -0.1) is 0 Å². The maximum Gasteiger partial charge on any atom is 0.232 e. The highest BCUT2D eigenvalue weighted by molar-refractivity contribution is 7.80. The molecule has 0 spiro atoms. The first kappa shape index (κ1) is 81.7. The van der Waals surface area contributed by atoms with Crippen LogP contribution in [0.3, 0.4) is 0 Å². The highest BCUT2D eigenvalue weighted by atomic mass is 31.2. The summed E-state index contributed by atoms with van der Waals surface area (Å²) in [5.41, 5.74) is 5.78. The van der Waals surface area contributed by atoms with Crippen LogP contribution in [-0.2, 0) is 72.6 Å². The van der Waals surface area contributed by atoms with Crippen molar-refractivity contribution in [3.05, 3.63) is 336 Å². The molecule has 22 heteroatoms. The zero-order valence-corrected chi connectivity index (χ0v) is 68.9. The van der Waals surface area contributed by atoms with Crippen molar-refractivity contribution in [3.63, 3.8) is 0 Å². The van der Waals surface area contributed by atoms with Gasteiger partial charge in [0, 0.05) is 187 Å². The number of carbonyl (C=O) groups is 4. The fourth-order valence-corrected chi connectivity index (χ4v) is 25.6.